The molecule has 2 aromatic heterocycles. The predicted octanol–water partition coefficient (Wildman–Crippen LogP) is 3.27. The first kappa shape index (κ1) is 15.5. The molecule has 0 saturated carbocycles. The molecule has 1 aromatic carbocycles. The number of halogens is 1. The summed E-state index contributed by atoms with van der Waals surface area (Å²) in [5, 5.41) is 8.57. The van der Waals surface area contributed by atoms with Gasteiger partial charge in [0.2, 0.25) is 4.96 Å². The van der Waals surface area contributed by atoms with Crippen LogP contribution in [0.25, 0.3) is 21.0 Å². The van der Waals surface area contributed by atoms with E-state index in [4.69, 9.17) is 21.1 Å². The summed E-state index contributed by atoms with van der Waals surface area (Å²) in [5.74, 6) is -0.504. The first-order valence-electron chi connectivity index (χ1n) is 6.55. The average molecular weight is 350 g/mol. The van der Waals surface area contributed by atoms with Gasteiger partial charge in [-0.3, -0.25) is 4.40 Å². The number of hydrogen-bond donors (Lipinski definition) is 0. The summed E-state index contributed by atoms with van der Waals surface area (Å²) >= 11 is 7.37. The van der Waals surface area contributed by atoms with E-state index in [0.29, 0.717) is 15.7 Å². The summed E-state index contributed by atoms with van der Waals surface area (Å²) in [6.07, 6.45) is 2.90. The Labute approximate surface area is 140 Å². The van der Waals surface area contributed by atoms with Crippen LogP contribution in [0.2, 0.25) is 5.02 Å². The summed E-state index contributed by atoms with van der Waals surface area (Å²) in [6, 6.07) is 7.34. The van der Waals surface area contributed by atoms with Gasteiger partial charge in [-0.2, -0.15) is 0 Å². The van der Waals surface area contributed by atoms with Crippen LogP contribution in [0.5, 0.6) is 0 Å². The third kappa shape index (κ3) is 2.80. The number of esters is 1. The lowest BCUT2D eigenvalue weighted by Gasteiger charge is -2.08. The lowest BCUT2D eigenvalue weighted by atomic mass is 10.1. The second-order valence-electron chi connectivity index (χ2n) is 4.53. The van der Waals surface area contributed by atoms with Crippen molar-refractivity contribution < 1.29 is 14.3 Å². The molecule has 6 nitrogen and oxygen atoms in total. The molecule has 0 atom stereocenters. The van der Waals surface area contributed by atoms with Crippen LogP contribution in [0.3, 0.4) is 0 Å². The Bertz CT molecular complexity index is 883. The first-order valence-corrected chi connectivity index (χ1v) is 7.75. The van der Waals surface area contributed by atoms with E-state index >= 15 is 0 Å². The Balaban J connectivity index is 2.27. The number of fused-ring (bicyclic) bond motifs is 1. The van der Waals surface area contributed by atoms with Crippen LogP contribution in [0, 0.1) is 0 Å². The largest absolute Gasteiger partial charge is 0.503 e. The number of hydrogen-bond acceptors (Lipinski definition) is 6. The lowest BCUT2D eigenvalue weighted by molar-refractivity contribution is -0.133. The lowest BCUT2D eigenvalue weighted by Crippen LogP contribution is -2.07. The minimum Gasteiger partial charge on any atom is -0.503 e. The van der Waals surface area contributed by atoms with Gasteiger partial charge >= 0.3 is 5.97 Å². The van der Waals surface area contributed by atoms with Crippen LogP contribution in [-0.4, -0.2) is 34.8 Å². The van der Waals surface area contributed by atoms with Crippen molar-refractivity contribution in [3.63, 3.8) is 0 Å². The minimum absolute atomic E-state index is 0.283. The Hall–Kier alpha value is -2.38. The van der Waals surface area contributed by atoms with Gasteiger partial charge in [-0.25, -0.2) is 4.79 Å². The van der Waals surface area contributed by atoms with Gasteiger partial charge in [0.1, 0.15) is 11.9 Å². The van der Waals surface area contributed by atoms with Crippen molar-refractivity contribution in [2.24, 2.45) is 0 Å². The predicted molar refractivity (Wildman–Crippen MR) is 88.3 cm³/mol. The van der Waals surface area contributed by atoms with Crippen molar-refractivity contribution in [1.82, 2.24) is 14.6 Å². The molecule has 118 valence electrons. The number of methoxy groups -OCH3 is 2. The van der Waals surface area contributed by atoms with E-state index in [-0.39, 0.29) is 5.57 Å². The zero-order valence-corrected chi connectivity index (χ0v) is 13.9. The SMILES string of the molecule is COC=C(C(=O)OC)c1c(-c2ccc(Cl)cc2)sc2nncn12. The summed E-state index contributed by atoms with van der Waals surface area (Å²) < 4.78 is 11.7. The second kappa shape index (κ2) is 6.39. The van der Waals surface area contributed by atoms with Gasteiger partial charge in [-0.1, -0.05) is 35.1 Å². The molecule has 0 bridgehead atoms. The topological polar surface area (TPSA) is 65.7 Å². The highest BCUT2D eigenvalue weighted by molar-refractivity contribution is 7.20. The van der Waals surface area contributed by atoms with Crippen LogP contribution >= 0.6 is 22.9 Å². The van der Waals surface area contributed by atoms with Crippen molar-refractivity contribution in [2.75, 3.05) is 14.2 Å². The average Bonchev–Trinajstić information content (AvgIpc) is 3.14. The quantitative estimate of drug-likeness (QED) is 0.411. The molecule has 0 saturated heterocycles. The number of rotatable bonds is 4. The number of benzene rings is 1. The number of aromatic nitrogens is 3. The Morgan fingerprint density at radius 1 is 1.30 bits per heavy atom. The van der Waals surface area contributed by atoms with Gasteiger partial charge in [0.15, 0.2) is 0 Å². The molecule has 0 amide bonds. The van der Waals surface area contributed by atoms with Gasteiger partial charge in [-0.15, -0.1) is 10.2 Å². The van der Waals surface area contributed by atoms with Crippen LogP contribution in [0.1, 0.15) is 5.69 Å². The standard InChI is InChI=1S/C15H12ClN3O3S/c1-21-7-11(14(20)22-2)12-13(9-3-5-10(16)6-4-9)23-15-18-17-8-19(12)15/h3-8H,1-2H3. The molecule has 0 unspecified atom stereocenters. The first-order chi connectivity index (χ1) is 11.2. The maximum absolute atomic E-state index is 12.2. The maximum atomic E-state index is 12.2. The fourth-order valence-electron chi connectivity index (χ4n) is 2.17. The normalized spacial score (nSPS) is 11.7. The number of thiazole rings is 1. The number of ether oxygens (including phenoxy) is 2. The third-order valence-corrected chi connectivity index (χ3v) is 4.51. The van der Waals surface area contributed by atoms with Gasteiger partial charge < -0.3 is 9.47 Å². The molecular formula is C15H12ClN3O3S. The molecule has 0 aliphatic carbocycles. The van der Waals surface area contributed by atoms with Crippen molar-refractivity contribution in [3.05, 3.63) is 47.6 Å². The molecule has 0 N–H and O–H groups in total. The van der Waals surface area contributed by atoms with Crippen molar-refractivity contribution in [1.29, 1.82) is 0 Å². The summed E-state index contributed by atoms with van der Waals surface area (Å²) in [7, 11) is 2.80. The molecule has 23 heavy (non-hydrogen) atoms. The Morgan fingerprint density at radius 2 is 2.04 bits per heavy atom. The fourth-order valence-corrected chi connectivity index (χ4v) is 3.37. The van der Waals surface area contributed by atoms with Crippen molar-refractivity contribution in [2.45, 2.75) is 0 Å². The number of carbonyl (C=O) groups excluding carboxylic acids is 1. The number of carbonyl (C=O) groups is 1. The van der Waals surface area contributed by atoms with E-state index in [0.717, 1.165) is 10.4 Å². The monoisotopic (exact) mass is 349 g/mol. The van der Waals surface area contributed by atoms with E-state index in [1.165, 1.54) is 31.8 Å². The zero-order valence-electron chi connectivity index (χ0n) is 12.3. The van der Waals surface area contributed by atoms with Crippen molar-refractivity contribution in [3.8, 4) is 10.4 Å². The van der Waals surface area contributed by atoms with Crippen LogP contribution in [-0.2, 0) is 14.3 Å². The molecule has 8 heteroatoms. The minimum atomic E-state index is -0.504. The Kier molecular flexibility index (Phi) is 4.31. The van der Waals surface area contributed by atoms with E-state index in [9.17, 15) is 4.79 Å². The van der Waals surface area contributed by atoms with Crippen LogP contribution in [0.15, 0.2) is 36.9 Å². The highest BCUT2D eigenvalue weighted by atomic mass is 35.5. The summed E-state index contributed by atoms with van der Waals surface area (Å²) in [5.41, 5.74) is 1.81. The molecule has 0 spiro atoms. The molecular weight excluding hydrogens is 338 g/mol. The highest BCUT2D eigenvalue weighted by Crippen LogP contribution is 2.37. The Morgan fingerprint density at radius 3 is 2.70 bits per heavy atom. The van der Waals surface area contributed by atoms with Gasteiger partial charge in [0.05, 0.1) is 31.1 Å². The molecule has 0 aliphatic heterocycles. The zero-order chi connectivity index (χ0) is 16.4. The van der Waals surface area contributed by atoms with Gasteiger partial charge in [-0.05, 0) is 17.7 Å². The smallest absolute Gasteiger partial charge is 0.343 e. The van der Waals surface area contributed by atoms with Gasteiger partial charge in [0, 0.05) is 5.02 Å². The summed E-state index contributed by atoms with van der Waals surface area (Å²) in [4.78, 5) is 13.7. The highest BCUT2D eigenvalue weighted by Gasteiger charge is 2.24. The number of nitrogens with zero attached hydrogens (tertiary/aromatic N) is 3. The fraction of sp³-hybridized carbons (Fsp3) is 0.133. The summed E-state index contributed by atoms with van der Waals surface area (Å²) in [6.45, 7) is 0. The van der Waals surface area contributed by atoms with E-state index in [1.807, 2.05) is 12.1 Å². The van der Waals surface area contributed by atoms with E-state index in [1.54, 1.807) is 22.9 Å². The molecule has 0 aliphatic rings. The molecule has 3 rings (SSSR count). The van der Waals surface area contributed by atoms with Crippen molar-refractivity contribution >= 4 is 39.4 Å². The van der Waals surface area contributed by atoms with E-state index in [2.05, 4.69) is 10.2 Å². The third-order valence-electron chi connectivity index (χ3n) is 3.17. The second-order valence-corrected chi connectivity index (χ2v) is 5.94. The molecule has 3 aromatic rings. The van der Waals surface area contributed by atoms with Crippen LogP contribution in [0.4, 0.5) is 0 Å². The molecule has 2 heterocycles. The molecule has 0 fully saturated rings. The van der Waals surface area contributed by atoms with E-state index < -0.39 is 5.97 Å². The van der Waals surface area contributed by atoms with Crippen LogP contribution < -0.4 is 0 Å². The molecule has 0 radical (unpaired) electrons. The maximum Gasteiger partial charge on any atom is 0.343 e. The van der Waals surface area contributed by atoms with Gasteiger partial charge in [0.25, 0.3) is 0 Å².